The summed E-state index contributed by atoms with van der Waals surface area (Å²) < 4.78 is 5.57. The van der Waals surface area contributed by atoms with Crippen LogP contribution in [-0.4, -0.2) is 60.6 Å². The van der Waals surface area contributed by atoms with Crippen LogP contribution in [0, 0.1) is 16.7 Å². The molecule has 7 rings (SSSR count). The van der Waals surface area contributed by atoms with E-state index in [1.165, 1.54) is 11.1 Å². The van der Waals surface area contributed by atoms with Crippen molar-refractivity contribution in [3.8, 4) is 22.5 Å². The molecule has 1 saturated carbocycles. The van der Waals surface area contributed by atoms with Gasteiger partial charge in [0.2, 0.25) is 0 Å². The Morgan fingerprint density at radius 2 is 1.71 bits per heavy atom. The molecule has 1 spiro atoms. The van der Waals surface area contributed by atoms with Crippen molar-refractivity contribution in [1.29, 1.82) is 5.41 Å². The van der Waals surface area contributed by atoms with Crippen LogP contribution in [0.4, 0.5) is 16.3 Å². The summed E-state index contributed by atoms with van der Waals surface area (Å²) in [5.74, 6) is 2.43. The van der Waals surface area contributed by atoms with Gasteiger partial charge in [-0.05, 0) is 92.8 Å². The smallest absolute Gasteiger partial charge is 0.410 e. The average Bonchev–Trinajstić information content (AvgIpc) is 3.70. The lowest BCUT2D eigenvalue weighted by atomic mass is 9.57. The minimum atomic E-state index is -0.472. The molecule has 2 fully saturated rings. The van der Waals surface area contributed by atoms with E-state index in [0.29, 0.717) is 5.82 Å². The number of nitrogens with one attached hydrogen (secondary N) is 3. The van der Waals surface area contributed by atoms with Gasteiger partial charge in [-0.25, -0.2) is 14.8 Å². The van der Waals surface area contributed by atoms with Crippen molar-refractivity contribution in [3.05, 3.63) is 78.2 Å². The maximum absolute atomic E-state index is 12.5. The van der Waals surface area contributed by atoms with Gasteiger partial charge < -0.3 is 19.9 Å². The largest absolute Gasteiger partial charge is 0.444 e. The molecule has 0 atom stereocenters. The van der Waals surface area contributed by atoms with Gasteiger partial charge in [0.05, 0.1) is 12.0 Å². The standard InChI is InChI=1S/C35H40N8O2/c1-34(2,3)45-33(44)42-14-11-35(12-15-42)17-27(18-35)31(36)43-21-25-5-4-24(16-26(25)22-43)32-37-13-10-30(41-32)40-29-8-6-23(7-9-29)28-19-38-39-20-28/h4-10,13,16,19-20,27,36H,11-12,14-15,17-18,21-22H2,1-3H3,(H,38,39)(H,37,40,41). The number of anilines is 2. The van der Waals surface area contributed by atoms with Crippen LogP contribution >= 0.6 is 0 Å². The molecule has 45 heavy (non-hydrogen) atoms. The van der Waals surface area contributed by atoms with E-state index in [4.69, 9.17) is 15.1 Å². The number of aromatic nitrogens is 4. The van der Waals surface area contributed by atoms with Crippen LogP contribution in [0.1, 0.15) is 57.6 Å². The highest BCUT2D eigenvalue weighted by molar-refractivity contribution is 5.83. The van der Waals surface area contributed by atoms with Crippen molar-refractivity contribution in [3.63, 3.8) is 0 Å². The van der Waals surface area contributed by atoms with Crippen molar-refractivity contribution in [2.24, 2.45) is 11.3 Å². The van der Waals surface area contributed by atoms with E-state index < -0.39 is 5.60 Å². The molecule has 0 bridgehead atoms. The van der Waals surface area contributed by atoms with E-state index in [1.54, 1.807) is 12.4 Å². The molecule has 3 aliphatic rings. The minimum Gasteiger partial charge on any atom is -0.444 e. The molecule has 0 radical (unpaired) electrons. The number of carbonyl (C=O) groups excluding carboxylic acids is 1. The van der Waals surface area contributed by atoms with E-state index in [0.717, 1.165) is 85.9 Å². The first kappa shape index (κ1) is 29.0. The van der Waals surface area contributed by atoms with Gasteiger partial charge in [-0.1, -0.05) is 24.3 Å². The molecule has 10 nitrogen and oxygen atoms in total. The zero-order valence-corrected chi connectivity index (χ0v) is 26.1. The predicted octanol–water partition coefficient (Wildman–Crippen LogP) is 7.00. The van der Waals surface area contributed by atoms with Crippen molar-refractivity contribution < 1.29 is 9.53 Å². The van der Waals surface area contributed by atoms with Crippen molar-refractivity contribution in [2.45, 2.75) is 65.1 Å². The van der Waals surface area contributed by atoms with Crippen molar-refractivity contribution in [1.82, 2.24) is 30.0 Å². The summed E-state index contributed by atoms with van der Waals surface area (Å²) in [6.45, 7) is 8.70. The number of hydrogen-bond donors (Lipinski definition) is 3. The number of fused-ring (bicyclic) bond motifs is 1. The van der Waals surface area contributed by atoms with Gasteiger partial charge in [0.25, 0.3) is 0 Å². The molecule has 2 aromatic carbocycles. The van der Waals surface area contributed by atoms with E-state index in [-0.39, 0.29) is 17.4 Å². The monoisotopic (exact) mass is 604 g/mol. The van der Waals surface area contributed by atoms with E-state index in [2.05, 4.69) is 55.7 Å². The average molecular weight is 605 g/mol. The fraction of sp³-hybridized carbons (Fsp3) is 0.400. The molecule has 232 valence electrons. The molecule has 3 N–H and O–H groups in total. The molecular formula is C35H40N8O2. The molecule has 4 aromatic rings. The van der Waals surface area contributed by atoms with Gasteiger partial charge in [-0.2, -0.15) is 5.10 Å². The van der Waals surface area contributed by atoms with Crippen LogP contribution in [0.5, 0.6) is 0 Å². The number of ether oxygens (including phenoxy) is 1. The third-order valence-corrected chi connectivity index (χ3v) is 9.39. The number of amidine groups is 1. The second kappa shape index (κ2) is 11.3. The molecule has 2 aromatic heterocycles. The summed E-state index contributed by atoms with van der Waals surface area (Å²) >= 11 is 0. The van der Waals surface area contributed by atoms with Gasteiger partial charge in [0.1, 0.15) is 11.4 Å². The Kier molecular flexibility index (Phi) is 7.30. The summed E-state index contributed by atoms with van der Waals surface area (Å²) in [6, 6.07) is 16.5. The maximum Gasteiger partial charge on any atom is 0.410 e. The first-order valence-electron chi connectivity index (χ1n) is 15.8. The van der Waals surface area contributed by atoms with Crippen LogP contribution in [0.2, 0.25) is 0 Å². The fourth-order valence-corrected chi connectivity index (χ4v) is 6.91. The number of likely N-dealkylation sites (tertiary alicyclic amines) is 1. The highest BCUT2D eigenvalue weighted by Gasteiger charge is 2.49. The number of aromatic amines is 1. The number of benzene rings is 2. The Labute approximate surface area is 263 Å². The van der Waals surface area contributed by atoms with Gasteiger partial charge >= 0.3 is 6.09 Å². The molecule has 4 heterocycles. The summed E-state index contributed by atoms with van der Waals surface area (Å²) in [4.78, 5) is 25.9. The van der Waals surface area contributed by atoms with Gasteiger partial charge in [-0.15, -0.1) is 0 Å². The lowest BCUT2D eigenvalue weighted by Crippen LogP contribution is -2.52. The maximum atomic E-state index is 12.5. The second-order valence-corrected chi connectivity index (χ2v) is 13.8. The van der Waals surface area contributed by atoms with Crippen LogP contribution in [0.3, 0.4) is 0 Å². The number of carbonyl (C=O) groups is 1. The van der Waals surface area contributed by atoms with Gasteiger partial charge in [0, 0.05) is 61.3 Å². The zero-order chi connectivity index (χ0) is 31.2. The van der Waals surface area contributed by atoms with Crippen LogP contribution in [-0.2, 0) is 17.8 Å². The lowest BCUT2D eigenvalue weighted by molar-refractivity contribution is -0.0161. The van der Waals surface area contributed by atoms with E-state index >= 15 is 0 Å². The minimum absolute atomic E-state index is 0.208. The summed E-state index contributed by atoms with van der Waals surface area (Å²) in [7, 11) is 0. The summed E-state index contributed by atoms with van der Waals surface area (Å²) in [5.41, 5.74) is 6.33. The van der Waals surface area contributed by atoms with Crippen LogP contribution in [0.15, 0.2) is 67.1 Å². The lowest BCUT2D eigenvalue weighted by Gasteiger charge is -2.53. The number of H-pyrrole nitrogens is 1. The molecule has 1 aliphatic carbocycles. The number of hydrogen-bond acceptors (Lipinski definition) is 7. The Morgan fingerprint density at radius 1 is 0.978 bits per heavy atom. The Hall–Kier alpha value is -4.73. The highest BCUT2D eigenvalue weighted by Crippen LogP contribution is 2.53. The number of piperidine rings is 1. The molecule has 1 amide bonds. The summed E-state index contributed by atoms with van der Waals surface area (Å²) in [6.07, 6.45) is 9.30. The summed E-state index contributed by atoms with van der Waals surface area (Å²) in [5, 5.41) is 19.3. The van der Waals surface area contributed by atoms with Crippen LogP contribution < -0.4 is 5.32 Å². The second-order valence-electron chi connectivity index (χ2n) is 13.8. The fourth-order valence-electron chi connectivity index (χ4n) is 6.91. The molecular weight excluding hydrogens is 564 g/mol. The normalized spacial score (nSPS) is 17.6. The SMILES string of the molecule is CC(C)(C)OC(=O)N1CCC2(CC1)CC(C(=N)N1Cc3ccc(-c4nccc(Nc5ccc(-c6cn[nH]c6)cc5)n4)cc3C1)C2. The predicted molar refractivity (Wildman–Crippen MR) is 174 cm³/mol. The number of rotatable bonds is 5. The first-order chi connectivity index (χ1) is 21.6. The molecule has 10 heteroatoms. The molecule has 0 unspecified atom stereocenters. The topological polar surface area (TPSA) is 123 Å². The molecule has 1 saturated heterocycles. The third kappa shape index (κ3) is 6.14. The van der Waals surface area contributed by atoms with Crippen molar-refractivity contribution in [2.75, 3.05) is 18.4 Å². The Balaban J connectivity index is 0.942. The van der Waals surface area contributed by atoms with Crippen molar-refractivity contribution >= 4 is 23.4 Å². The first-order valence-corrected chi connectivity index (χ1v) is 15.8. The Bertz CT molecular complexity index is 1690. The molecule has 2 aliphatic heterocycles. The van der Waals surface area contributed by atoms with Gasteiger partial charge in [0.15, 0.2) is 5.82 Å². The van der Waals surface area contributed by atoms with Crippen LogP contribution in [0.25, 0.3) is 22.5 Å². The zero-order valence-electron chi connectivity index (χ0n) is 26.1. The Morgan fingerprint density at radius 3 is 2.42 bits per heavy atom. The van der Waals surface area contributed by atoms with Gasteiger partial charge in [-0.3, -0.25) is 10.5 Å². The quantitative estimate of drug-likeness (QED) is 0.166. The van der Waals surface area contributed by atoms with E-state index in [1.807, 2.05) is 50.1 Å². The number of amides is 1. The van der Waals surface area contributed by atoms with E-state index in [9.17, 15) is 4.79 Å². The highest BCUT2D eigenvalue weighted by atomic mass is 16.6. The third-order valence-electron chi connectivity index (χ3n) is 9.39. The number of nitrogens with zero attached hydrogens (tertiary/aromatic N) is 5.